The molecule has 0 atom stereocenters. The summed E-state index contributed by atoms with van der Waals surface area (Å²) in [6.07, 6.45) is 3.72. The Kier molecular flexibility index (Phi) is 6.38. The van der Waals surface area contributed by atoms with Crippen LogP contribution in [0.1, 0.15) is 9.88 Å². The Labute approximate surface area is 155 Å². The van der Waals surface area contributed by atoms with Gasteiger partial charge < -0.3 is 15.5 Å². The lowest BCUT2D eigenvalue weighted by molar-refractivity contribution is 0.380. The molecule has 2 aromatic heterocycles. The first-order valence-corrected chi connectivity index (χ1v) is 8.52. The van der Waals surface area contributed by atoms with Crippen LogP contribution in [0.5, 0.6) is 0 Å². The van der Waals surface area contributed by atoms with Gasteiger partial charge in [-0.05, 0) is 6.92 Å². The maximum absolute atomic E-state index is 6.09. The third-order valence-corrected chi connectivity index (χ3v) is 5.07. The lowest BCUT2D eigenvalue weighted by Gasteiger charge is -2.35. The first kappa shape index (κ1) is 17.4. The molecule has 2 N–H and O–H groups in total. The third-order valence-electron chi connectivity index (χ3n) is 3.34. The first-order valence-electron chi connectivity index (χ1n) is 6.83. The van der Waals surface area contributed by atoms with Gasteiger partial charge in [0.05, 0.1) is 6.54 Å². The minimum atomic E-state index is 0. The maximum Gasteiger partial charge on any atom is 0.191 e. The summed E-state index contributed by atoms with van der Waals surface area (Å²) in [6.45, 7) is 6.24. The number of nitrogens with two attached hydrogens (primary N) is 1. The molecule has 1 aliphatic heterocycles. The normalized spacial score (nSPS) is 15.8. The molecule has 1 fully saturated rings. The average molecular weight is 450 g/mol. The molecule has 0 aliphatic carbocycles. The average Bonchev–Trinajstić information content (AvgIpc) is 3.16. The number of nitrogens with zero attached hydrogens (tertiary/aromatic N) is 5. The van der Waals surface area contributed by atoms with Gasteiger partial charge in [-0.25, -0.2) is 15.0 Å². The van der Waals surface area contributed by atoms with E-state index in [0.29, 0.717) is 12.5 Å². The van der Waals surface area contributed by atoms with Crippen molar-refractivity contribution in [1.82, 2.24) is 14.9 Å². The SMILES string of the molecule is Cc1cnc(CN=C(N)N2CCN(c3nccs3)CC2)s1.I. The van der Waals surface area contributed by atoms with Crippen molar-refractivity contribution in [1.29, 1.82) is 0 Å². The molecule has 9 heteroatoms. The van der Waals surface area contributed by atoms with Crippen molar-refractivity contribution in [3.05, 3.63) is 27.7 Å². The summed E-state index contributed by atoms with van der Waals surface area (Å²) in [7, 11) is 0. The number of hydrogen-bond donors (Lipinski definition) is 1. The molecule has 0 amide bonds. The Bertz CT molecular complexity index is 604. The van der Waals surface area contributed by atoms with Gasteiger partial charge in [0.15, 0.2) is 11.1 Å². The number of aromatic nitrogens is 2. The summed E-state index contributed by atoms with van der Waals surface area (Å²) in [5, 5.41) is 4.10. The fourth-order valence-corrected chi connectivity index (χ4v) is 3.63. The van der Waals surface area contributed by atoms with Crippen LogP contribution in [0.4, 0.5) is 5.13 Å². The van der Waals surface area contributed by atoms with Crippen LogP contribution in [0.3, 0.4) is 0 Å². The summed E-state index contributed by atoms with van der Waals surface area (Å²) in [6, 6.07) is 0. The molecular formula is C13H19IN6S2. The second-order valence-electron chi connectivity index (χ2n) is 4.83. The van der Waals surface area contributed by atoms with Crippen molar-refractivity contribution >= 4 is 57.7 Å². The molecule has 3 heterocycles. The van der Waals surface area contributed by atoms with E-state index in [1.807, 2.05) is 24.7 Å². The lowest BCUT2D eigenvalue weighted by Crippen LogP contribution is -2.51. The van der Waals surface area contributed by atoms with Gasteiger partial charge in [-0.2, -0.15) is 0 Å². The zero-order valence-corrected chi connectivity index (χ0v) is 16.3. The molecule has 0 radical (unpaired) electrons. The van der Waals surface area contributed by atoms with Gasteiger partial charge in [-0.3, -0.25) is 0 Å². The number of halogens is 1. The molecule has 1 aliphatic rings. The summed E-state index contributed by atoms with van der Waals surface area (Å²) in [5.41, 5.74) is 6.09. The highest BCUT2D eigenvalue weighted by Crippen LogP contribution is 2.19. The predicted molar refractivity (Wildman–Crippen MR) is 103 cm³/mol. The highest BCUT2D eigenvalue weighted by Gasteiger charge is 2.19. The Hall–Kier alpha value is -0.940. The topological polar surface area (TPSA) is 70.6 Å². The highest BCUT2D eigenvalue weighted by atomic mass is 127. The standard InChI is InChI=1S/C13H18N6S2.HI/c1-10-8-16-11(21-10)9-17-12(14)18-3-5-19(6-4-18)13-15-2-7-20-13;/h2,7-8H,3-6,9H2,1H3,(H2,14,17);1H. The van der Waals surface area contributed by atoms with Crippen molar-refractivity contribution in [2.24, 2.45) is 10.7 Å². The van der Waals surface area contributed by atoms with Gasteiger partial charge in [0.1, 0.15) is 5.01 Å². The predicted octanol–water partition coefficient (Wildman–Crippen LogP) is 2.16. The molecule has 1 saturated heterocycles. The number of rotatable bonds is 3. The molecule has 2 aromatic rings. The van der Waals surface area contributed by atoms with Crippen molar-refractivity contribution < 1.29 is 0 Å². The van der Waals surface area contributed by atoms with Crippen LogP contribution in [0.2, 0.25) is 0 Å². The zero-order chi connectivity index (χ0) is 14.7. The minimum absolute atomic E-state index is 0. The number of piperazine rings is 1. The van der Waals surface area contributed by atoms with E-state index in [0.717, 1.165) is 36.3 Å². The van der Waals surface area contributed by atoms with Crippen LogP contribution in [-0.2, 0) is 6.54 Å². The molecule has 0 unspecified atom stereocenters. The van der Waals surface area contributed by atoms with Crippen molar-refractivity contribution in [2.75, 3.05) is 31.1 Å². The van der Waals surface area contributed by atoms with Gasteiger partial charge in [0.25, 0.3) is 0 Å². The van der Waals surface area contributed by atoms with Crippen molar-refractivity contribution in [3.63, 3.8) is 0 Å². The molecular weight excluding hydrogens is 431 g/mol. The van der Waals surface area contributed by atoms with Gasteiger partial charge in [-0.15, -0.1) is 46.7 Å². The highest BCUT2D eigenvalue weighted by molar-refractivity contribution is 14.0. The van der Waals surface area contributed by atoms with Gasteiger partial charge in [0.2, 0.25) is 0 Å². The second kappa shape index (κ2) is 8.06. The van der Waals surface area contributed by atoms with Crippen LogP contribution in [-0.4, -0.2) is 47.0 Å². The molecule has 0 bridgehead atoms. The van der Waals surface area contributed by atoms with Crippen LogP contribution < -0.4 is 10.6 Å². The smallest absolute Gasteiger partial charge is 0.191 e. The van der Waals surface area contributed by atoms with E-state index in [1.54, 1.807) is 22.7 Å². The fourth-order valence-electron chi connectivity index (χ4n) is 2.22. The van der Waals surface area contributed by atoms with Crippen molar-refractivity contribution in [2.45, 2.75) is 13.5 Å². The number of aliphatic imine (C=N–C) groups is 1. The minimum Gasteiger partial charge on any atom is -0.370 e. The second-order valence-corrected chi connectivity index (χ2v) is 7.02. The summed E-state index contributed by atoms with van der Waals surface area (Å²) in [4.78, 5) is 18.7. The van der Waals surface area contributed by atoms with E-state index in [9.17, 15) is 0 Å². The molecule has 0 spiro atoms. The fraction of sp³-hybridized carbons (Fsp3) is 0.462. The van der Waals surface area contributed by atoms with Crippen LogP contribution in [0.25, 0.3) is 0 Å². The zero-order valence-electron chi connectivity index (χ0n) is 12.3. The Morgan fingerprint density at radius 1 is 1.32 bits per heavy atom. The van der Waals surface area contributed by atoms with E-state index in [2.05, 4.69) is 24.8 Å². The summed E-state index contributed by atoms with van der Waals surface area (Å²) >= 11 is 3.34. The monoisotopic (exact) mass is 450 g/mol. The quantitative estimate of drug-likeness (QED) is 0.441. The number of hydrogen-bond acceptors (Lipinski definition) is 6. The lowest BCUT2D eigenvalue weighted by atomic mass is 10.3. The van der Waals surface area contributed by atoms with Crippen LogP contribution in [0, 0.1) is 6.92 Å². The van der Waals surface area contributed by atoms with E-state index in [-0.39, 0.29) is 24.0 Å². The van der Waals surface area contributed by atoms with Gasteiger partial charge in [-0.1, -0.05) is 0 Å². The number of guanidine groups is 1. The van der Waals surface area contributed by atoms with Crippen molar-refractivity contribution in [3.8, 4) is 0 Å². The molecule has 0 aromatic carbocycles. The van der Waals surface area contributed by atoms with Gasteiger partial charge >= 0.3 is 0 Å². The Morgan fingerprint density at radius 3 is 2.68 bits per heavy atom. The molecule has 3 rings (SSSR count). The Morgan fingerprint density at radius 2 is 2.09 bits per heavy atom. The number of thiazole rings is 2. The van der Waals surface area contributed by atoms with E-state index < -0.39 is 0 Å². The largest absolute Gasteiger partial charge is 0.370 e. The molecule has 0 saturated carbocycles. The van der Waals surface area contributed by atoms with E-state index in [1.165, 1.54) is 4.88 Å². The maximum atomic E-state index is 6.09. The number of aryl methyl sites for hydroxylation is 1. The third kappa shape index (κ3) is 4.29. The van der Waals surface area contributed by atoms with Crippen LogP contribution >= 0.6 is 46.7 Å². The summed E-state index contributed by atoms with van der Waals surface area (Å²) < 4.78 is 0. The first-order chi connectivity index (χ1) is 10.2. The molecule has 22 heavy (non-hydrogen) atoms. The molecule has 120 valence electrons. The summed E-state index contributed by atoms with van der Waals surface area (Å²) in [5.74, 6) is 0.613. The van der Waals surface area contributed by atoms with Gasteiger partial charge in [0, 0.05) is 48.8 Å². The molecule has 6 nitrogen and oxygen atoms in total. The van der Waals surface area contributed by atoms with Crippen LogP contribution in [0.15, 0.2) is 22.8 Å². The number of anilines is 1. The van der Waals surface area contributed by atoms with E-state index in [4.69, 9.17) is 5.73 Å². The van der Waals surface area contributed by atoms with E-state index >= 15 is 0 Å². The Balaban J connectivity index is 0.00000176.